The van der Waals surface area contributed by atoms with Gasteiger partial charge in [-0.25, -0.2) is 8.42 Å². The van der Waals surface area contributed by atoms with E-state index >= 15 is 0 Å². The van der Waals surface area contributed by atoms with Crippen LogP contribution in [0.15, 0.2) is 52.4 Å². The summed E-state index contributed by atoms with van der Waals surface area (Å²) in [4.78, 5) is 17.3. The van der Waals surface area contributed by atoms with E-state index in [2.05, 4.69) is 4.99 Å². The number of aromatic nitrogens is 1. The molecule has 1 aromatic heterocycles. The third kappa shape index (κ3) is 5.09. The molecule has 1 amide bonds. The van der Waals surface area contributed by atoms with E-state index in [9.17, 15) is 13.2 Å². The van der Waals surface area contributed by atoms with Crippen LogP contribution >= 0.6 is 11.3 Å². The molecule has 0 atom stereocenters. The molecule has 30 heavy (non-hydrogen) atoms. The molecule has 0 aliphatic heterocycles. The molecular formula is C21H24N2O5S2. The summed E-state index contributed by atoms with van der Waals surface area (Å²) in [5, 5.41) is 0. The molecule has 7 nitrogen and oxygen atoms in total. The van der Waals surface area contributed by atoms with Crippen molar-refractivity contribution in [3.05, 3.63) is 47.3 Å². The van der Waals surface area contributed by atoms with Gasteiger partial charge in [-0.1, -0.05) is 11.3 Å². The van der Waals surface area contributed by atoms with Crippen LogP contribution in [0.25, 0.3) is 10.2 Å². The van der Waals surface area contributed by atoms with Crippen molar-refractivity contribution in [3.8, 4) is 11.5 Å². The van der Waals surface area contributed by atoms with E-state index in [0.29, 0.717) is 17.2 Å². The van der Waals surface area contributed by atoms with Gasteiger partial charge in [0.15, 0.2) is 14.6 Å². The number of carbonyl (C=O) groups excluding carboxylic acids is 1. The van der Waals surface area contributed by atoms with Crippen LogP contribution in [0.5, 0.6) is 11.5 Å². The van der Waals surface area contributed by atoms with Gasteiger partial charge in [-0.15, -0.1) is 0 Å². The fraction of sp³-hybridized carbons (Fsp3) is 0.333. The first-order valence-corrected chi connectivity index (χ1v) is 12.0. The van der Waals surface area contributed by atoms with Gasteiger partial charge in [0.1, 0.15) is 11.5 Å². The minimum atomic E-state index is -3.46. The molecular weight excluding hydrogens is 424 g/mol. The number of ether oxygens (including phenoxy) is 2. The summed E-state index contributed by atoms with van der Waals surface area (Å²) in [5.74, 6) is 0.907. The van der Waals surface area contributed by atoms with Crippen LogP contribution in [-0.4, -0.2) is 38.4 Å². The molecule has 0 saturated heterocycles. The number of amides is 1. The molecule has 0 bridgehead atoms. The number of aryl methyl sites for hydroxylation is 1. The second-order valence-corrected chi connectivity index (χ2v) is 9.73. The number of fused-ring (bicyclic) bond motifs is 1. The highest BCUT2D eigenvalue weighted by Gasteiger charge is 2.15. The van der Waals surface area contributed by atoms with Crippen molar-refractivity contribution in [1.29, 1.82) is 0 Å². The quantitative estimate of drug-likeness (QED) is 0.528. The highest BCUT2D eigenvalue weighted by atomic mass is 32.2. The molecule has 0 N–H and O–H groups in total. The average molecular weight is 449 g/mol. The molecule has 3 aromatic rings. The van der Waals surface area contributed by atoms with Crippen LogP contribution in [0.4, 0.5) is 0 Å². The zero-order valence-electron chi connectivity index (χ0n) is 17.1. The van der Waals surface area contributed by atoms with Crippen LogP contribution in [0.3, 0.4) is 0 Å². The van der Waals surface area contributed by atoms with E-state index in [-0.39, 0.29) is 29.4 Å². The maximum Gasteiger partial charge on any atom is 0.248 e. The molecule has 0 saturated carbocycles. The molecule has 0 radical (unpaired) electrons. The van der Waals surface area contributed by atoms with Crippen LogP contribution in [-0.2, 0) is 21.7 Å². The molecule has 160 valence electrons. The van der Waals surface area contributed by atoms with Gasteiger partial charge in [0.2, 0.25) is 5.91 Å². The van der Waals surface area contributed by atoms with E-state index in [0.717, 1.165) is 16.0 Å². The normalized spacial score (nSPS) is 12.3. The number of rotatable bonds is 8. The lowest BCUT2D eigenvalue weighted by molar-refractivity contribution is -0.118. The van der Waals surface area contributed by atoms with Gasteiger partial charge in [0.25, 0.3) is 0 Å². The Morgan fingerprint density at radius 2 is 1.83 bits per heavy atom. The van der Waals surface area contributed by atoms with Gasteiger partial charge in [-0.05, 0) is 55.8 Å². The molecule has 0 fully saturated rings. The SMILES string of the molecule is CCOc1ccc2c(c1)sc(=NC(=O)CCCS(=O)(=O)c1ccc(OC)cc1)n2C. The summed E-state index contributed by atoms with van der Waals surface area (Å²) in [6, 6.07) is 12.0. The Labute approximate surface area is 179 Å². The van der Waals surface area contributed by atoms with Crippen molar-refractivity contribution in [2.75, 3.05) is 19.5 Å². The number of sulfone groups is 1. The highest BCUT2D eigenvalue weighted by Crippen LogP contribution is 2.23. The van der Waals surface area contributed by atoms with Gasteiger partial charge < -0.3 is 14.0 Å². The first-order chi connectivity index (χ1) is 14.3. The average Bonchev–Trinajstić information content (AvgIpc) is 3.03. The van der Waals surface area contributed by atoms with Gasteiger partial charge in [-0.3, -0.25) is 4.79 Å². The standard InChI is InChI=1S/C21H24N2O5S2/c1-4-28-16-9-12-18-19(14-16)29-21(23(18)2)22-20(24)6-5-13-30(25,26)17-10-7-15(27-3)8-11-17/h7-12,14H,4-6,13H2,1-3H3. The van der Waals surface area contributed by atoms with Crippen molar-refractivity contribution < 1.29 is 22.7 Å². The van der Waals surface area contributed by atoms with Crippen molar-refractivity contribution in [2.24, 2.45) is 12.0 Å². The number of benzene rings is 2. The molecule has 1 heterocycles. The van der Waals surface area contributed by atoms with Crippen molar-refractivity contribution in [2.45, 2.75) is 24.7 Å². The predicted octanol–water partition coefficient (Wildman–Crippen LogP) is 3.33. The lowest BCUT2D eigenvalue weighted by Crippen LogP contribution is -2.14. The Morgan fingerprint density at radius 1 is 1.13 bits per heavy atom. The molecule has 0 aliphatic carbocycles. The number of hydrogen-bond acceptors (Lipinski definition) is 6. The Morgan fingerprint density at radius 3 is 2.50 bits per heavy atom. The molecule has 2 aromatic carbocycles. The fourth-order valence-corrected chi connectivity index (χ4v) is 5.33. The van der Waals surface area contributed by atoms with E-state index in [1.54, 1.807) is 12.1 Å². The number of hydrogen-bond donors (Lipinski definition) is 0. The maximum absolute atomic E-state index is 12.4. The largest absolute Gasteiger partial charge is 0.497 e. The van der Waals surface area contributed by atoms with Crippen molar-refractivity contribution >= 4 is 37.3 Å². The van der Waals surface area contributed by atoms with Crippen LogP contribution in [0.2, 0.25) is 0 Å². The molecule has 0 aliphatic rings. The van der Waals surface area contributed by atoms with E-state index in [4.69, 9.17) is 9.47 Å². The zero-order valence-corrected chi connectivity index (χ0v) is 18.8. The minimum absolute atomic E-state index is 0.0633. The Bertz CT molecular complexity index is 1210. The van der Waals surface area contributed by atoms with Crippen molar-refractivity contribution in [3.63, 3.8) is 0 Å². The van der Waals surface area contributed by atoms with Crippen LogP contribution in [0.1, 0.15) is 19.8 Å². The van der Waals surface area contributed by atoms with Gasteiger partial charge in [0.05, 0.1) is 34.6 Å². The third-order valence-corrected chi connectivity index (χ3v) is 7.45. The summed E-state index contributed by atoms with van der Waals surface area (Å²) < 4.78 is 38.2. The third-order valence-electron chi connectivity index (χ3n) is 4.53. The number of carbonyl (C=O) groups is 1. The van der Waals surface area contributed by atoms with E-state index in [1.807, 2.05) is 36.7 Å². The second kappa shape index (κ2) is 9.44. The summed E-state index contributed by atoms with van der Waals surface area (Å²) in [5.41, 5.74) is 0.956. The van der Waals surface area contributed by atoms with Gasteiger partial charge in [0, 0.05) is 13.5 Å². The van der Waals surface area contributed by atoms with Crippen molar-refractivity contribution in [1.82, 2.24) is 4.57 Å². The lowest BCUT2D eigenvalue weighted by Gasteiger charge is -2.05. The monoisotopic (exact) mass is 448 g/mol. The highest BCUT2D eigenvalue weighted by molar-refractivity contribution is 7.91. The minimum Gasteiger partial charge on any atom is -0.497 e. The molecule has 0 unspecified atom stereocenters. The van der Waals surface area contributed by atoms with Crippen LogP contribution < -0.4 is 14.3 Å². The Kier molecular flexibility index (Phi) is 6.94. The number of thiazole rings is 1. The topological polar surface area (TPSA) is 87.0 Å². The molecule has 9 heteroatoms. The summed E-state index contributed by atoms with van der Waals surface area (Å²) in [6.07, 6.45) is 0.271. The first-order valence-electron chi connectivity index (χ1n) is 9.51. The fourth-order valence-electron chi connectivity index (χ4n) is 2.95. The Balaban J connectivity index is 1.67. The Hall–Kier alpha value is -2.65. The van der Waals surface area contributed by atoms with E-state index in [1.165, 1.54) is 30.6 Å². The number of methoxy groups -OCH3 is 1. The molecule has 3 rings (SSSR count). The number of nitrogens with zero attached hydrogens (tertiary/aromatic N) is 2. The maximum atomic E-state index is 12.4. The zero-order chi connectivity index (χ0) is 21.7. The first kappa shape index (κ1) is 22.0. The smallest absolute Gasteiger partial charge is 0.248 e. The van der Waals surface area contributed by atoms with Crippen LogP contribution in [0, 0.1) is 0 Å². The second-order valence-electron chi connectivity index (χ2n) is 6.61. The molecule has 0 spiro atoms. The summed E-state index contributed by atoms with van der Waals surface area (Å²) in [7, 11) is -0.0911. The predicted molar refractivity (Wildman–Crippen MR) is 117 cm³/mol. The summed E-state index contributed by atoms with van der Waals surface area (Å²) >= 11 is 1.40. The van der Waals surface area contributed by atoms with Gasteiger partial charge >= 0.3 is 0 Å². The summed E-state index contributed by atoms with van der Waals surface area (Å²) in [6.45, 7) is 2.51. The van der Waals surface area contributed by atoms with Gasteiger partial charge in [-0.2, -0.15) is 4.99 Å². The lowest BCUT2D eigenvalue weighted by atomic mass is 10.3. The van der Waals surface area contributed by atoms with E-state index < -0.39 is 9.84 Å².